The van der Waals surface area contributed by atoms with Crippen LogP contribution in [0.3, 0.4) is 0 Å². The lowest BCUT2D eigenvalue weighted by Crippen LogP contribution is -2.23. The van der Waals surface area contributed by atoms with Gasteiger partial charge in [-0.15, -0.1) is 0 Å². The summed E-state index contributed by atoms with van der Waals surface area (Å²) < 4.78 is 2.01. The quantitative estimate of drug-likeness (QED) is 0.863. The first-order chi connectivity index (χ1) is 7.99. The number of aromatic nitrogens is 2. The Morgan fingerprint density at radius 3 is 2.88 bits per heavy atom. The van der Waals surface area contributed by atoms with Crippen molar-refractivity contribution in [1.82, 2.24) is 14.5 Å². The lowest BCUT2D eigenvalue weighted by Gasteiger charge is -2.12. The first-order valence-electron chi connectivity index (χ1n) is 5.35. The Balaban J connectivity index is 2.35. The van der Waals surface area contributed by atoms with E-state index < -0.39 is 6.09 Å². The van der Waals surface area contributed by atoms with E-state index in [4.69, 9.17) is 5.11 Å². The third-order valence-corrected chi connectivity index (χ3v) is 2.92. The van der Waals surface area contributed by atoms with Crippen LogP contribution >= 0.6 is 0 Å². The molecule has 2 aromatic rings. The number of amides is 1. The molecule has 0 aliphatic rings. The molecule has 90 valence electrons. The van der Waals surface area contributed by atoms with E-state index in [0.29, 0.717) is 6.54 Å². The lowest BCUT2D eigenvalue weighted by atomic mass is 10.2. The summed E-state index contributed by atoms with van der Waals surface area (Å²) in [7, 11) is 3.52. The Bertz CT molecular complexity index is 574. The third kappa shape index (κ3) is 2.08. The molecule has 0 spiro atoms. The Morgan fingerprint density at radius 1 is 1.53 bits per heavy atom. The fourth-order valence-electron chi connectivity index (χ4n) is 1.81. The summed E-state index contributed by atoms with van der Waals surface area (Å²) >= 11 is 0. The third-order valence-electron chi connectivity index (χ3n) is 2.92. The SMILES string of the molecule is Cc1nc2cc(CN(C)C(=O)O)ccc2n1C. The molecule has 1 aromatic carbocycles. The summed E-state index contributed by atoms with van der Waals surface area (Å²) in [6.07, 6.45) is -0.928. The fraction of sp³-hybridized carbons (Fsp3) is 0.333. The molecule has 2 rings (SSSR count). The van der Waals surface area contributed by atoms with Gasteiger partial charge in [-0.05, 0) is 24.6 Å². The Hall–Kier alpha value is -2.04. The van der Waals surface area contributed by atoms with E-state index in [-0.39, 0.29) is 0 Å². The number of fused-ring (bicyclic) bond motifs is 1. The van der Waals surface area contributed by atoms with Crippen molar-refractivity contribution >= 4 is 17.1 Å². The fourth-order valence-corrected chi connectivity index (χ4v) is 1.81. The van der Waals surface area contributed by atoms with Crippen molar-refractivity contribution in [3.8, 4) is 0 Å². The molecule has 0 saturated heterocycles. The van der Waals surface area contributed by atoms with E-state index >= 15 is 0 Å². The first kappa shape index (κ1) is 11.4. The second-order valence-electron chi connectivity index (χ2n) is 4.18. The highest BCUT2D eigenvalue weighted by atomic mass is 16.4. The average Bonchev–Trinajstić information content (AvgIpc) is 2.54. The Kier molecular flexibility index (Phi) is 2.75. The number of imidazole rings is 1. The van der Waals surface area contributed by atoms with Gasteiger partial charge in [-0.25, -0.2) is 9.78 Å². The molecule has 0 saturated carbocycles. The van der Waals surface area contributed by atoms with Gasteiger partial charge < -0.3 is 14.6 Å². The molecule has 1 heterocycles. The van der Waals surface area contributed by atoms with Gasteiger partial charge in [-0.3, -0.25) is 0 Å². The van der Waals surface area contributed by atoms with Gasteiger partial charge in [-0.2, -0.15) is 0 Å². The van der Waals surface area contributed by atoms with Gasteiger partial charge in [0, 0.05) is 20.6 Å². The van der Waals surface area contributed by atoms with Crippen molar-refractivity contribution < 1.29 is 9.90 Å². The number of carboxylic acid groups (broad SMARTS) is 1. The number of carbonyl (C=O) groups is 1. The first-order valence-corrected chi connectivity index (χ1v) is 5.35. The summed E-state index contributed by atoms with van der Waals surface area (Å²) in [5.41, 5.74) is 2.91. The maximum absolute atomic E-state index is 10.7. The number of hydrogen-bond acceptors (Lipinski definition) is 2. The standard InChI is InChI=1S/C12H15N3O2/c1-8-13-10-6-9(7-14(2)12(16)17)4-5-11(10)15(8)3/h4-6H,7H2,1-3H3,(H,16,17). The maximum Gasteiger partial charge on any atom is 0.407 e. The number of benzene rings is 1. The van der Waals surface area contributed by atoms with E-state index in [9.17, 15) is 4.79 Å². The van der Waals surface area contributed by atoms with Gasteiger partial charge in [0.1, 0.15) is 5.82 Å². The van der Waals surface area contributed by atoms with Gasteiger partial charge in [0.2, 0.25) is 0 Å². The van der Waals surface area contributed by atoms with Crippen molar-refractivity contribution in [3.05, 3.63) is 29.6 Å². The van der Waals surface area contributed by atoms with Crippen molar-refractivity contribution in [2.75, 3.05) is 7.05 Å². The molecule has 5 nitrogen and oxygen atoms in total. The van der Waals surface area contributed by atoms with Crippen molar-refractivity contribution in [3.63, 3.8) is 0 Å². The van der Waals surface area contributed by atoms with Crippen LogP contribution in [0.25, 0.3) is 11.0 Å². The molecule has 0 aliphatic carbocycles. The van der Waals surface area contributed by atoms with Crippen LogP contribution in [-0.2, 0) is 13.6 Å². The van der Waals surface area contributed by atoms with Gasteiger partial charge in [0.25, 0.3) is 0 Å². The van der Waals surface area contributed by atoms with Crippen LogP contribution in [0, 0.1) is 6.92 Å². The van der Waals surface area contributed by atoms with E-state index in [1.54, 1.807) is 7.05 Å². The molecule has 0 unspecified atom stereocenters. The second-order valence-corrected chi connectivity index (χ2v) is 4.18. The highest BCUT2D eigenvalue weighted by Crippen LogP contribution is 2.17. The minimum atomic E-state index is -0.928. The van der Waals surface area contributed by atoms with Gasteiger partial charge in [-0.1, -0.05) is 6.07 Å². The number of hydrogen-bond donors (Lipinski definition) is 1. The van der Waals surface area contributed by atoms with E-state index in [1.165, 1.54) is 4.90 Å². The Morgan fingerprint density at radius 2 is 2.24 bits per heavy atom. The summed E-state index contributed by atoms with van der Waals surface area (Å²) in [5, 5.41) is 8.81. The predicted octanol–water partition coefficient (Wildman–Crippen LogP) is 1.99. The zero-order valence-electron chi connectivity index (χ0n) is 10.1. The van der Waals surface area contributed by atoms with E-state index in [2.05, 4.69) is 4.98 Å². The second kappa shape index (κ2) is 4.08. The van der Waals surface area contributed by atoms with Crippen LogP contribution in [0.4, 0.5) is 4.79 Å². The van der Waals surface area contributed by atoms with Crippen LogP contribution < -0.4 is 0 Å². The van der Waals surface area contributed by atoms with E-state index in [0.717, 1.165) is 22.4 Å². The monoisotopic (exact) mass is 233 g/mol. The van der Waals surface area contributed by atoms with Crippen molar-refractivity contribution in [2.24, 2.45) is 7.05 Å². The molecule has 0 aliphatic heterocycles. The largest absolute Gasteiger partial charge is 0.465 e. The van der Waals surface area contributed by atoms with Crippen molar-refractivity contribution in [2.45, 2.75) is 13.5 Å². The summed E-state index contributed by atoms with van der Waals surface area (Å²) in [4.78, 5) is 16.4. The molecule has 1 aromatic heterocycles. The van der Waals surface area contributed by atoms with Gasteiger partial charge in [0.05, 0.1) is 11.0 Å². The summed E-state index contributed by atoms with van der Waals surface area (Å²) in [6, 6.07) is 5.84. The van der Waals surface area contributed by atoms with Crippen LogP contribution in [0.15, 0.2) is 18.2 Å². The molecule has 0 atom stereocenters. The van der Waals surface area contributed by atoms with Crippen molar-refractivity contribution in [1.29, 1.82) is 0 Å². The number of nitrogens with zero attached hydrogens (tertiary/aromatic N) is 3. The predicted molar refractivity (Wildman–Crippen MR) is 64.9 cm³/mol. The average molecular weight is 233 g/mol. The van der Waals surface area contributed by atoms with Crippen LogP contribution in [0.5, 0.6) is 0 Å². The smallest absolute Gasteiger partial charge is 0.407 e. The molecule has 0 bridgehead atoms. The number of aryl methyl sites for hydroxylation is 2. The minimum absolute atomic E-state index is 0.376. The number of rotatable bonds is 2. The van der Waals surface area contributed by atoms with Gasteiger partial charge >= 0.3 is 6.09 Å². The zero-order chi connectivity index (χ0) is 12.6. The van der Waals surface area contributed by atoms with Crippen LogP contribution in [-0.4, -0.2) is 32.7 Å². The minimum Gasteiger partial charge on any atom is -0.465 e. The molecule has 1 N–H and O–H groups in total. The molecule has 1 amide bonds. The molecule has 0 fully saturated rings. The molecule has 0 radical (unpaired) electrons. The lowest BCUT2D eigenvalue weighted by molar-refractivity contribution is 0.154. The van der Waals surface area contributed by atoms with Crippen LogP contribution in [0.1, 0.15) is 11.4 Å². The summed E-state index contributed by atoms with van der Waals surface area (Å²) in [6.45, 7) is 2.32. The molecular weight excluding hydrogens is 218 g/mol. The van der Waals surface area contributed by atoms with E-state index in [1.807, 2.05) is 36.7 Å². The molecular formula is C12H15N3O2. The molecule has 17 heavy (non-hydrogen) atoms. The highest BCUT2D eigenvalue weighted by molar-refractivity contribution is 5.77. The zero-order valence-corrected chi connectivity index (χ0v) is 10.1. The van der Waals surface area contributed by atoms with Gasteiger partial charge in [0.15, 0.2) is 0 Å². The highest BCUT2D eigenvalue weighted by Gasteiger charge is 2.08. The topological polar surface area (TPSA) is 58.4 Å². The summed E-state index contributed by atoms with van der Waals surface area (Å²) in [5.74, 6) is 0.948. The van der Waals surface area contributed by atoms with Crippen LogP contribution in [0.2, 0.25) is 0 Å². The normalized spacial score (nSPS) is 10.8. The molecule has 5 heteroatoms. The Labute approximate surface area is 99.3 Å². The maximum atomic E-state index is 10.7.